The van der Waals surface area contributed by atoms with Gasteiger partial charge in [-0.05, 0) is 43.9 Å². The molecular formula is C17H22ClN3O2. The molecule has 0 aromatic heterocycles. The van der Waals surface area contributed by atoms with Crippen LogP contribution in [0.1, 0.15) is 42.5 Å². The van der Waals surface area contributed by atoms with Crippen molar-refractivity contribution in [1.82, 2.24) is 16.0 Å². The first-order valence-corrected chi connectivity index (χ1v) is 8.57. The van der Waals surface area contributed by atoms with Gasteiger partial charge in [-0.2, -0.15) is 0 Å². The van der Waals surface area contributed by atoms with Crippen LogP contribution in [-0.4, -0.2) is 36.5 Å². The zero-order valence-electron chi connectivity index (χ0n) is 13.0. The molecular weight excluding hydrogens is 314 g/mol. The highest BCUT2D eigenvalue weighted by Gasteiger charge is 2.33. The lowest BCUT2D eigenvalue weighted by Gasteiger charge is -2.29. The maximum Gasteiger partial charge on any atom is 0.251 e. The van der Waals surface area contributed by atoms with Crippen molar-refractivity contribution in [1.29, 1.82) is 0 Å². The Morgan fingerprint density at radius 3 is 2.65 bits per heavy atom. The van der Waals surface area contributed by atoms with E-state index in [4.69, 9.17) is 11.6 Å². The second-order valence-corrected chi connectivity index (χ2v) is 6.83. The van der Waals surface area contributed by atoms with Crippen molar-refractivity contribution in [2.75, 3.05) is 6.54 Å². The summed E-state index contributed by atoms with van der Waals surface area (Å²) in [6, 6.07) is 8.15. The van der Waals surface area contributed by atoms with Crippen molar-refractivity contribution in [3.05, 3.63) is 34.9 Å². The maximum absolute atomic E-state index is 12.0. The molecule has 124 valence electrons. The summed E-state index contributed by atoms with van der Waals surface area (Å²) in [5.41, 5.74) is 0.507. The molecule has 2 aliphatic heterocycles. The number of rotatable bonds is 5. The molecule has 6 heteroatoms. The number of carbonyl (C=O) groups is 2. The Morgan fingerprint density at radius 2 is 1.96 bits per heavy atom. The Balaban J connectivity index is 1.38. The smallest absolute Gasteiger partial charge is 0.251 e. The van der Waals surface area contributed by atoms with Crippen LogP contribution in [0.3, 0.4) is 0 Å². The van der Waals surface area contributed by atoms with Gasteiger partial charge in [-0.1, -0.05) is 17.7 Å². The Hall–Kier alpha value is -1.59. The summed E-state index contributed by atoms with van der Waals surface area (Å²) in [6.45, 7) is 0.328. The fraction of sp³-hybridized carbons (Fsp3) is 0.529. The third kappa shape index (κ3) is 4.45. The fourth-order valence-corrected chi connectivity index (χ4v) is 3.69. The van der Waals surface area contributed by atoms with E-state index in [-0.39, 0.29) is 17.9 Å². The number of amides is 2. The molecule has 23 heavy (non-hydrogen) atoms. The molecule has 2 amide bonds. The summed E-state index contributed by atoms with van der Waals surface area (Å²) in [4.78, 5) is 24.0. The number of halogens is 1. The van der Waals surface area contributed by atoms with Crippen LogP contribution >= 0.6 is 11.6 Å². The van der Waals surface area contributed by atoms with Crippen LogP contribution in [0.4, 0.5) is 0 Å². The SMILES string of the molecule is O=C(CCNC(=O)c1cccc(Cl)c1)NC1CC2CCC(C1)N2. The minimum Gasteiger partial charge on any atom is -0.353 e. The van der Waals surface area contributed by atoms with Gasteiger partial charge in [-0.25, -0.2) is 0 Å². The number of hydrogen-bond acceptors (Lipinski definition) is 3. The lowest BCUT2D eigenvalue weighted by molar-refractivity contribution is -0.121. The summed E-state index contributed by atoms with van der Waals surface area (Å²) in [5.74, 6) is -0.206. The largest absolute Gasteiger partial charge is 0.353 e. The third-order valence-corrected chi connectivity index (χ3v) is 4.80. The summed E-state index contributed by atoms with van der Waals surface area (Å²) in [5, 5.41) is 9.92. The first-order valence-electron chi connectivity index (χ1n) is 8.19. The molecule has 1 aromatic carbocycles. The van der Waals surface area contributed by atoms with Gasteiger partial charge in [0.25, 0.3) is 5.91 Å². The van der Waals surface area contributed by atoms with Gasteiger partial charge in [-0.3, -0.25) is 9.59 Å². The van der Waals surface area contributed by atoms with E-state index < -0.39 is 0 Å². The molecule has 2 fully saturated rings. The van der Waals surface area contributed by atoms with Crippen LogP contribution in [-0.2, 0) is 4.79 Å². The number of piperidine rings is 1. The summed E-state index contributed by atoms with van der Waals surface area (Å²) in [6.07, 6.45) is 4.75. The first kappa shape index (κ1) is 16.3. The number of carbonyl (C=O) groups excluding carboxylic acids is 2. The van der Waals surface area contributed by atoms with Crippen molar-refractivity contribution < 1.29 is 9.59 Å². The second-order valence-electron chi connectivity index (χ2n) is 6.39. The van der Waals surface area contributed by atoms with Gasteiger partial charge in [0.15, 0.2) is 0 Å². The van der Waals surface area contributed by atoms with Gasteiger partial charge in [0, 0.05) is 41.7 Å². The molecule has 5 nitrogen and oxygen atoms in total. The molecule has 2 heterocycles. The number of benzene rings is 1. The van der Waals surface area contributed by atoms with Crippen LogP contribution in [0.15, 0.2) is 24.3 Å². The molecule has 0 aliphatic carbocycles. The molecule has 0 radical (unpaired) electrons. The average Bonchev–Trinajstić information content (AvgIpc) is 2.86. The van der Waals surface area contributed by atoms with Crippen molar-refractivity contribution in [3.63, 3.8) is 0 Å². The topological polar surface area (TPSA) is 70.2 Å². The van der Waals surface area contributed by atoms with Crippen LogP contribution in [0.5, 0.6) is 0 Å². The molecule has 2 bridgehead atoms. The number of hydrogen-bond donors (Lipinski definition) is 3. The van der Waals surface area contributed by atoms with Crippen molar-refractivity contribution in [2.45, 2.75) is 50.2 Å². The van der Waals surface area contributed by atoms with E-state index in [0.717, 1.165) is 12.8 Å². The monoisotopic (exact) mass is 335 g/mol. The van der Waals surface area contributed by atoms with Gasteiger partial charge < -0.3 is 16.0 Å². The molecule has 0 saturated carbocycles. The molecule has 3 N–H and O–H groups in total. The predicted octanol–water partition coefficient (Wildman–Crippen LogP) is 1.86. The Labute approximate surface area is 141 Å². The molecule has 2 unspecified atom stereocenters. The van der Waals surface area contributed by atoms with Crippen LogP contribution in [0.25, 0.3) is 0 Å². The summed E-state index contributed by atoms with van der Waals surface area (Å²) < 4.78 is 0. The minimum atomic E-state index is -0.208. The second kappa shape index (κ2) is 7.32. The third-order valence-electron chi connectivity index (χ3n) is 4.56. The van der Waals surface area contributed by atoms with Gasteiger partial charge in [0.2, 0.25) is 5.91 Å². The van der Waals surface area contributed by atoms with Crippen molar-refractivity contribution in [2.24, 2.45) is 0 Å². The molecule has 2 aliphatic rings. The van der Waals surface area contributed by atoms with E-state index in [0.29, 0.717) is 35.6 Å². The van der Waals surface area contributed by atoms with Crippen molar-refractivity contribution in [3.8, 4) is 0 Å². The average molecular weight is 336 g/mol. The Morgan fingerprint density at radius 1 is 1.22 bits per heavy atom. The molecule has 2 atom stereocenters. The summed E-state index contributed by atoms with van der Waals surface area (Å²) >= 11 is 5.86. The van der Waals surface area contributed by atoms with Gasteiger partial charge >= 0.3 is 0 Å². The van der Waals surface area contributed by atoms with E-state index in [1.54, 1.807) is 24.3 Å². The number of nitrogens with one attached hydrogen (secondary N) is 3. The lowest BCUT2D eigenvalue weighted by Crippen LogP contribution is -2.48. The molecule has 2 saturated heterocycles. The summed E-state index contributed by atoms with van der Waals surface area (Å²) in [7, 11) is 0. The number of fused-ring (bicyclic) bond motifs is 2. The van der Waals surface area contributed by atoms with Gasteiger partial charge in [0.1, 0.15) is 0 Å². The van der Waals surface area contributed by atoms with Crippen LogP contribution < -0.4 is 16.0 Å². The Kier molecular flexibility index (Phi) is 5.18. The fourth-order valence-electron chi connectivity index (χ4n) is 3.50. The van der Waals surface area contributed by atoms with Crippen LogP contribution in [0.2, 0.25) is 5.02 Å². The molecule has 3 rings (SSSR count). The molecule has 0 spiro atoms. The first-order chi connectivity index (χ1) is 11.1. The minimum absolute atomic E-state index is 0.00249. The quantitative estimate of drug-likeness (QED) is 0.769. The standard InChI is InChI=1S/C17H22ClN3O2/c18-12-3-1-2-11(8-12)17(23)19-7-6-16(22)21-15-9-13-4-5-14(10-15)20-13/h1-3,8,13-15,20H,4-7,9-10H2,(H,19,23)(H,21,22). The van der Waals surface area contributed by atoms with E-state index in [2.05, 4.69) is 16.0 Å². The van der Waals surface area contributed by atoms with Gasteiger partial charge in [-0.15, -0.1) is 0 Å². The Bertz CT molecular complexity index is 581. The van der Waals surface area contributed by atoms with E-state index in [1.165, 1.54) is 12.8 Å². The van der Waals surface area contributed by atoms with E-state index >= 15 is 0 Å². The zero-order chi connectivity index (χ0) is 16.2. The van der Waals surface area contributed by atoms with Crippen LogP contribution in [0, 0.1) is 0 Å². The highest BCUT2D eigenvalue weighted by Crippen LogP contribution is 2.26. The zero-order valence-corrected chi connectivity index (χ0v) is 13.7. The van der Waals surface area contributed by atoms with E-state index in [1.807, 2.05) is 0 Å². The predicted molar refractivity (Wildman–Crippen MR) is 89.5 cm³/mol. The highest BCUT2D eigenvalue weighted by atomic mass is 35.5. The van der Waals surface area contributed by atoms with Gasteiger partial charge in [0.05, 0.1) is 0 Å². The van der Waals surface area contributed by atoms with E-state index in [9.17, 15) is 9.59 Å². The highest BCUT2D eigenvalue weighted by molar-refractivity contribution is 6.30. The lowest BCUT2D eigenvalue weighted by atomic mass is 10.00. The normalized spacial score (nSPS) is 25.9. The van der Waals surface area contributed by atoms with Crippen molar-refractivity contribution >= 4 is 23.4 Å². The molecule has 1 aromatic rings. The maximum atomic E-state index is 12.0.